The lowest BCUT2D eigenvalue weighted by Gasteiger charge is -2.01. The van der Waals surface area contributed by atoms with Crippen LogP contribution in [0.3, 0.4) is 0 Å². The normalized spacial score (nSPS) is 12.1. The van der Waals surface area contributed by atoms with Crippen molar-refractivity contribution in [1.82, 2.24) is 0 Å². The Hall–Kier alpha value is 0.470. The molecule has 78 valence electrons. The molecule has 0 spiro atoms. The maximum atomic E-state index is 2.33. The van der Waals surface area contributed by atoms with Crippen LogP contribution in [-0.4, -0.2) is 0 Å². The number of hydrogen-bond donors (Lipinski definition) is 0. The third kappa shape index (κ3) is 10.4. The first-order chi connectivity index (χ1) is 6.31. The molecular weight excluding hydrogens is 271 g/mol. The number of rotatable bonds is 8. The van der Waals surface area contributed by atoms with Gasteiger partial charge >= 0.3 is 0 Å². The minimum atomic E-state index is 1.30. The Morgan fingerprint density at radius 2 is 1.54 bits per heavy atom. The highest BCUT2D eigenvalue weighted by atomic mass is 127. The van der Waals surface area contributed by atoms with E-state index in [1.807, 2.05) is 0 Å². The first-order valence-electron chi connectivity index (χ1n) is 5.57. The van der Waals surface area contributed by atoms with Gasteiger partial charge in [-0.05, 0) is 23.8 Å². The van der Waals surface area contributed by atoms with Gasteiger partial charge in [-0.15, -0.1) is 0 Å². The minimum Gasteiger partial charge on any atom is -0.0673 e. The minimum absolute atomic E-state index is 1.30. The van der Waals surface area contributed by atoms with Crippen molar-refractivity contribution >= 4 is 22.6 Å². The molecule has 0 amide bonds. The van der Waals surface area contributed by atoms with Crippen LogP contribution in [0.2, 0.25) is 0 Å². The van der Waals surface area contributed by atoms with Gasteiger partial charge in [0.15, 0.2) is 0 Å². The molecular formula is C12H23I. The molecule has 0 aromatic rings. The molecule has 13 heavy (non-hydrogen) atoms. The van der Waals surface area contributed by atoms with E-state index in [-0.39, 0.29) is 0 Å². The van der Waals surface area contributed by atoms with Crippen molar-refractivity contribution in [2.45, 2.75) is 65.2 Å². The first-order valence-corrected chi connectivity index (χ1v) is 6.81. The van der Waals surface area contributed by atoms with E-state index in [2.05, 4.69) is 40.5 Å². The van der Waals surface area contributed by atoms with E-state index < -0.39 is 0 Å². The number of hydrogen-bond acceptors (Lipinski definition) is 0. The predicted molar refractivity (Wildman–Crippen MR) is 70.4 cm³/mol. The van der Waals surface area contributed by atoms with Crippen molar-refractivity contribution in [3.05, 3.63) is 9.66 Å². The van der Waals surface area contributed by atoms with E-state index in [0.29, 0.717) is 0 Å². The molecule has 0 saturated heterocycles. The van der Waals surface area contributed by atoms with Gasteiger partial charge < -0.3 is 0 Å². The third-order valence-electron chi connectivity index (χ3n) is 2.36. The van der Waals surface area contributed by atoms with E-state index in [1.165, 1.54) is 56.9 Å². The van der Waals surface area contributed by atoms with Gasteiger partial charge in [0.25, 0.3) is 0 Å². The second kappa shape index (κ2) is 10.6. The summed E-state index contributed by atoms with van der Waals surface area (Å²) >= 11 is 2.33. The Bertz CT molecular complexity index is 127. The molecule has 0 fully saturated rings. The zero-order chi connectivity index (χ0) is 9.94. The third-order valence-corrected chi connectivity index (χ3v) is 3.42. The summed E-state index contributed by atoms with van der Waals surface area (Å²) in [7, 11) is 0. The van der Waals surface area contributed by atoms with Crippen LogP contribution in [0, 0.1) is 0 Å². The fourth-order valence-electron chi connectivity index (χ4n) is 1.42. The quantitative estimate of drug-likeness (QED) is 0.411. The van der Waals surface area contributed by atoms with Gasteiger partial charge in [-0.3, -0.25) is 0 Å². The molecule has 0 N–H and O–H groups in total. The fourth-order valence-corrected chi connectivity index (χ4v) is 1.73. The van der Waals surface area contributed by atoms with E-state index in [0.717, 1.165) is 0 Å². The highest BCUT2D eigenvalue weighted by Crippen LogP contribution is 2.12. The van der Waals surface area contributed by atoms with Gasteiger partial charge in [-0.2, -0.15) is 0 Å². The summed E-state index contributed by atoms with van der Waals surface area (Å²) in [6, 6.07) is 0. The summed E-state index contributed by atoms with van der Waals surface area (Å²) < 4.78 is 2.20. The summed E-state index contributed by atoms with van der Waals surface area (Å²) in [4.78, 5) is 0. The van der Waals surface area contributed by atoms with Gasteiger partial charge in [-0.1, -0.05) is 73.6 Å². The highest BCUT2D eigenvalue weighted by Gasteiger charge is 1.91. The summed E-state index contributed by atoms with van der Waals surface area (Å²) in [5.74, 6) is 0. The SMILES string of the molecule is CCCCCCCCCC(C)=CI. The molecule has 0 bridgehead atoms. The number of halogens is 1. The highest BCUT2D eigenvalue weighted by molar-refractivity contribution is 14.1. The molecule has 0 aromatic heterocycles. The van der Waals surface area contributed by atoms with E-state index >= 15 is 0 Å². The van der Waals surface area contributed by atoms with Crippen molar-refractivity contribution in [1.29, 1.82) is 0 Å². The predicted octanol–water partition coefficient (Wildman–Crippen LogP) is 5.47. The van der Waals surface area contributed by atoms with Gasteiger partial charge in [-0.25, -0.2) is 0 Å². The molecule has 0 saturated carbocycles. The molecule has 0 aliphatic carbocycles. The van der Waals surface area contributed by atoms with Crippen LogP contribution >= 0.6 is 22.6 Å². The average Bonchev–Trinajstić information content (AvgIpc) is 2.16. The second-order valence-corrected chi connectivity index (χ2v) is 4.45. The van der Waals surface area contributed by atoms with Crippen LogP contribution in [0.15, 0.2) is 9.66 Å². The van der Waals surface area contributed by atoms with Crippen molar-refractivity contribution in [2.75, 3.05) is 0 Å². The van der Waals surface area contributed by atoms with Crippen LogP contribution in [-0.2, 0) is 0 Å². The van der Waals surface area contributed by atoms with Gasteiger partial charge in [0.05, 0.1) is 0 Å². The lowest BCUT2D eigenvalue weighted by Crippen LogP contribution is -1.81. The molecule has 0 nitrogen and oxygen atoms in total. The van der Waals surface area contributed by atoms with E-state index in [1.54, 1.807) is 0 Å². The molecule has 0 radical (unpaired) electrons. The zero-order valence-corrected chi connectivity index (χ0v) is 11.3. The standard InChI is InChI=1S/C12H23I/c1-3-4-5-6-7-8-9-10-12(2)11-13/h11H,3-10H2,1-2H3. The van der Waals surface area contributed by atoms with Crippen molar-refractivity contribution in [3.63, 3.8) is 0 Å². The van der Waals surface area contributed by atoms with Crippen LogP contribution < -0.4 is 0 Å². The maximum Gasteiger partial charge on any atom is -0.0245 e. The molecule has 0 heterocycles. The molecule has 0 atom stereocenters. The topological polar surface area (TPSA) is 0 Å². The first kappa shape index (κ1) is 13.5. The Morgan fingerprint density at radius 1 is 1.00 bits per heavy atom. The molecule has 1 heteroatoms. The monoisotopic (exact) mass is 294 g/mol. The van der Waals surface area contributed by atoms with Gasteiger partial charge in [0, 0.05) is 0 Å². The van der Waals surface area contributed by atoms with Crippen molar-refractivity contribution < 1.29 is 0 Å². The van der Waals surface area contributed by atoms with Crippen molar-refractivity contribution in [2.24, 2.45) is 0 Å². The second-order valence-electron chi connectivity index (χ2n) is 3.83. The molecule has 0 unspecified atom stereocenters. The van der Waals surface area contributed by atoms with Crippen LogP contribution in [0.25, 0.3) is 0 Å². The summed E-state index contributed by atoms with van der Waals surface area (Å²) in [6.07, 6.45) is 11.2. The lowest BCUT2D eigenvalue weighted by atomic mass is 10.1. The summed E-state index contributed by atoms with van der Waals surface area (Å²) in [5, 5.41) is 0. The lowest BCUT2D eigenvalue weighted by molar-refractivity contribution is 0.589. The van der Waals surface area contributed by atoms with E-state index in [9.17, 15) is 0 Å². The van der Waals surface area contributed by atoms with Gasteiger partial charge in [0.2, 0.25) is 0 Å². The summed E-state index contributed by atoms with van der Waals surface area (Å²) in [6.45, 7) is 4.50. The Balaban J connectivity index is 3.00. The Morgan fingerprint density at radius 3 is 2.08 bits per heavy atom. The van der Waals surface area contributed by atoms with Crippen molar-refractivity contribution in [3.8, 4) is 0 Å². The largest absolute Gasteiger partial charge is 0.0673 e. The molecule has 0 rings (SSSR count). The Labute approximate surface area is 97.3 Å². The fraction of sp³-hybridized carbons (Fsp3) is 0.833. The summed E-state index contributed by atoms with van der Waals surface area (Å²) in [5.41, 5.74) is 1.54. The van der Waals surface area contributed by atoms with Crippen LogP contribution in [0.4, 0.5) is 0 Å². The zero-order valence-electron chi connectivity index (χ0n) is 9.11. The number of unbranched alkanes of at least 4 members (excludes halogenated alkanes) is 6. The van der Waals surface area contributed by atoms with Gasteiger partial charge in [0.1, 0.15) is 0 Å². The average molecular weight is 294 g/mol. The maximum absolute atomic E-state index is 2.33. The Kier molecular flexibility index (Phi) is 10.9. The molecule has 0 aromatic carbocycles. The smallest absolute Gasteiger partial charge is 0.0245 e. The molecule has 0 aliphatic heterocycles. The van der Waals surface area contributed by atoms with Crippen LogP contribution in [0.1, 0.15) is 65.2 Å². The molecule has 0 aliphatic rings. The van der Waals surface area contributed by atoms with Crippen LogP contribution in [0.5, 0.6) is 0 Å². The number of allylic oxidation sites excluding steroid dienone is 1. The van der Waals surface area contributed by atoms with E-state index in [4.69, 9.17) is 0 Å².